The van der Waals surface area contributed by atoms with Crippen LogP contribution in [-0.4, -0.2) is 48.6 Å². The SMILES string of the molecule is CC1CN(c2ccc(CNC(=O)CCNC(=O)C3CC3C)cn2)CC(C)O1. The number of anilines is 1. The first kappa shape index (κ1) is 19.6. The average molecular weight is 374 g/mol. The molecule has 7 heteroatoms. The molecule has 0 spiro atoms. The molecule has 27 heavy (non-hydrogen) atoms. The minimum absolute atomic E-state index is 0.0703. The zero-order valence-electron chi connectivity index (χ0n) is 16.4. The molecule has 0 aromatic carbocycles. The Labute approximate surface area is 160 Å². The summed E-state index contributed by atoms with van der Waals surface area (Å²) in [5, 5.41) is 5.70. The van der Waals surface area contributed by atoms with Crippen LogP contribution in [0.1, 0.15) is 39.2 Å². The molecule has 4 unspecified atom stereocenters. The molecule has 1 aliphatic heterocycles. The van der Waals surface area contributed by atoms with E-state index in [2.05, 4.69) is 41.3 Å². The van der Waals surface area contributed by atoms with Crippen molar-refractivity contribution in [2.45, 2.75) is 52.4 Å². The molecule has 1 aromatic rings. The molecule has 148 valence electrons. The van der Waals surface area contributed by atoms with E-state index in [0.29, 0.717) is 25.4 Å². The fraction of sp³-hybridized carbons (Fsp3) is 0.650. The number of aromatic nitrogens is 1. The number of hydrogen-bond donors (Lipinski definition) is 2. The molecule has 2 fully saturated rings. The second-order valence-corrected chi connectivity index (χ2v) is 7.82. The Morgan fingerprint density at radius 1 is 1.19 bits per heavy atom. The van der Waals surface area contributed by atoms with Gasteiger partial charge in [-0.15, -0.1) is 0 Å². The maximum Gasteiger partial charge on any atom is 0.223 e. The molecule has 2 aliphatic rings. The maximum absolute atomic E-state index is 11.9. The number of morpholine rings is 1. The highest BCUT2D eigenvalue weighted by molar-refractivity contribution is 5.82. The number of pyridine rings is 1. The van der Waals surface area contributed by atoms with Crippen LogP contribution >= 0.6 is 0 Å². The summed E-state index contributed by atoms with van der Waals surface area (Å²) < 4.78 is 5.75. The summed E-state index contributed by atoms with van der Waals surface area (Å²) in [5.74, 6) is 1.57. The number of rotatable bonds is 7. The number of ether oxygens (including phenoxy) is 1. The van der Waals surface area contributed by atoms with E-state index in [-0.39, 0.29) is 29.9 Å². The molecule has 0 radical (unpaired) electrons. The lowest BCUT2D eigenvalue weighted by atomic mass is 10.2. The molecule has 2 N–H and O–H groups in total. The van der Waals surface area contributed by atoms with E-state index >= 15 is 0 Å². The smallest absolute Gasteiger partial charge is 0.223 e. The molecule has 1 aromatic heterocycles. The van der Waals surface area contributed by atoms with Crippen molar-refractivity contribution in [2.75, 3.05) is 24.5 Å². The summed E-state index contributed by atoms with van der Waals surface area (Å²) in [5.41, 5.74) is 0.956. The van der Waals surface area contributed by atoms with Crippen molar-refractivity contribution in [1.29, 1.82) is 0 Å². The van der Waals surface area contributed by atoms with Crippen LogP contribution in [0.4, 0.5) is 5.82 Å². The van der Waals surface area contributed by atoms with E-state index in [1.165, 1.54) is 0 Å². The number of nitrogens with one attached hydrogen (secondary N) is 2. The van der Waals surface area contributed by atoms with Crippen molar-refractivity contribution >= 4 is 17.6 Å². The van der Waals surface area contributed by atoms with E-state index in [1.54, 1.807) is 6.20 Å². The summed E-state index contributed by atoms with van der Waals surface area (Å²) in [6, 6.07) is 3.98. The average Bonchev–Trinajstić information content (AvgIpc) is 3.36. The van der Waals surface area contributed by atoms with Gasteiger partial charge in [0.1, 0.15) is 5.82 Å². The molecule has 0 bridgehead atoms. The Morgan fingerprint density at radius 2 is 1.89 bits per heavy atom. The summed E-state index contributed by atoms with van der Waals surface area (Å²) in [6.45, 7) is 8.70. The van der Waals surface area contributed by atoms with E-state index in [4.69, 9.17) is 4.74 Å². The van der Waals surface area contributed by atoms with E-state index in [0.717, 1.165) is 30.9 Å². The Kier molecular flexibility index (Phi) is 6.31. The molecule has 7 nitrogen and oxygen atoms in total. The second kappa shape index (κ2) is 8.69. The van der Waals surface area contributed by atoms with Gasteiger partial charge >= 0.3 is 0 Å². The van der Waals surface area contributed by atoms with Crippen molar-refractivity contribution < 1.29 is 14.3 Å². The third-order valence-electron chi connectivity index (χ3n) is 5.14. The minimum Gasteiger partial charge on any atom is -0.372 e. The number of carbonyl (C=O) groups excluding carboxylic acids is 2. The highest BCUT2D eigenvalue weighted by atomic mass is 16.5. The highest BCUT2D eigenvalue weighted by Gasteiger charge is 2.38. The Bertz CT molecular complexity index is 654. The first-order chi connectivity index (χ1) is 12.9. The number of hydrogen-bond acceptors (Lipinski definition) is 5. The van der Waals surface area contributed by atoms with Gasteiger partial charge in [-0.05, 0) is 37.8 Å². The van der Waals surface area contributed by atoms with Crippen LogP contribution in [0.2, 0.25) is 0 Å². The van der Waals surface area contributed by atoms with Crippen molar-refractivity contribution in [1.82, 2.24) is 15.6 Å². The van der Waals surface area contributed by atoms with Crippen LogP contribution in [0.5, 0.6) is 0 Å². The van der Waals surface area contributed by atoms with Gasteiger partial charge in [0.15, 0.2) is 0 Å². The van der Waals surface area contributed by atoms with Crippen LogP contribution in [0.15, 0.2) is 18.3 Å². The zero-order chi connectivity index (χ0) is 19.4. The molecule has 3 rings (SSSR count). The molecule has 4 atom stereocenters. The highest BCUT2D eigenvalue weighted by Crippen LogP contribution is 2.37. The first-order valence-corrected chi connectivity index (χ1v) is 9.82. The van der Waals surface area contributed by atoms with E-state index < -0.39 is 0 Å². The normalized spacial score (nSPS) is 27.1. The molecule has 2 amide bonds. The second-order valence-electron chi connectivity index (χ2n) is 7.82. The van der Waals surface area contributed by atoms with Gasteiger partial charge in [0.25, 0.3) is 0 Å². The lowest BCUT2D eigenvalue weighted by Crippen LogP contribution is -2.45. The largest absolute Gasteiger partial charge is 0.372 e. The summed E-state index contributed by atoms with van der Waals surface area (Å²) in [7, 11) is 0. The predicted octanol–water partition coefficient (Wildman–Crippen LogP) is 1.47. The van der Waals surface area contributed by atoms with Crippen LogP contribution < -0.4 is 15.5 Å². The van der Waals surface area contributed by atoms with Crippen molar-refractivity contribution in [2.24, 2.45) is 11.8 Å². The van der Waals surface area contributed by atoms with Crippen molar-refractivity contribution in [3.63, 3.8) is 0 Å². The van der Waals surface area contributed by atoms with Gasteiger partial charge in [-0.25, -0.2) is 4.98 Å². The molecule has 1 aliphatic carbocycles. The Hall–Kier alpha value is -2.15. The fourth-order valence-corrected chi connectivity index (χ4v) is 3.48. The molecule has 1 saturated heterocycles. The molecular formula is C20H30N4O3. The van der Waals surface area contributed by atoms with E-state index in [1.807, 2.05) is 12.1 Å². The molecule has 2 heterocycles. The van der Waals surface area contributed by atoms with E-state index in [9.17, 15) is 9.59 Å². The Balaban J connectivity index is 1.38. The van der Waals surface area contributed by atoms with Crippen LogP contribution in [0, 0.1) is 11.8 Å². The van der Waals surface area contributed by atoms with Gasteiger partial charge in [-0.3, -0.25) is 9.59 Å². The minimum atomic E-state index is -0.0703. The van der Waals surface area contributed by atoms with Crippen molar-refractivity contribution in [3.05, 3.63) is 23.9 Å². The summed E-state index contributed by atoms with van der Waals surface area (Å²) in [4.78, 5) is 30.4. The van der Waals surface area contributed by atoms with Crippen LogP contribution in [-0.2, 0) is 20.9 Å². The lowest BCUT2D eigenvalue weighted by Gasteiger charge is -2.36. The van der Waals surface area contributed by atoms with Gasteiger partial charge in [-0.1, -0.05) is 13.0 Å². The topological polar surface area (TPSA) is 83.6 Å². The number of nitrogens with zero attached hydrogens (tertiary/aromatic N) is 2. The van der Waals surface area contributed by atoms with Crippen molar-refractivity contribution in [3.8, 4) is 0 Å². The lowest BCUT2D eigenvalue weighted by molar-refractivity contribution is -0.123. The first-order valence-electron chi connectivity index (χ1n) is 9.82. The monoisotopic (exact) mass is 374 g/mol. The van der Waals surface area contributed by atoms with Gasteiger partial charge in [-0.2, -0.15) is 0 Å². The number of carbonyl (C=O) groups is 2. The van der Waals surface area contributed by atoms with Gasteiger partial charge in [0.05, 0.1) is 12.2 Å². The Morgan fingerprint density at radius 3 is 2.48 bits per heavy atom. The standard InChI is InChI=1S/C20H30N4O3/c1-13-8-17(13)20(26)21-7-6-19(25)23-10-16-4-5-18(22-9-16)24-11-14(2)27-15(3)12-24/h4-5,9,13-15,17H,6-8,10-12H2,1-3H3,(H,21,26)(H,23,25). The molecular weight excluding hydrogens is 344 g/mol. The summed E-state index contributed by atoms with van der Waals surface area (Å²) >= 11 is 0. The van der Waals surface area contributed by atoms with Gasteiger partial charge < -0.3 is 20.3 Å². The third-order valence-corrected chi connectivity index (χ3v) is 5.14. The quantitative estimate of drug-likeness (QED) is 0.755. The third kappa shape index (κ3) is 5.66. The number of amides is 2. The fourth-order valence-electron chi connectivity index (χ4n) is 3.48. The summed E-state index contributed by atoms with van der Waals surface area (Å²) in [6.07, 6.45) is 3.44. The zero-order valence-corrected chi connectivity index (χ0v) is 16.4. The predicted molar refractivity (Wildman–Crippen MR) is 103 cm³/mol. The van der Waals surface area contributed by atoms with Gasteiger partial charge in [0.2, 0.25) is 11.8 Å². The van der Waals surface area contributed by atoms with Crippen LogP contribution in [0.3, 0.4) is 0 Å². The maximum atomic E-state index is 11.9. The van der Waals surface area contributed by atoms with Crippen LogP contribution in [0.25, 0.3) is 0 Å². The van der Waals surface area contributed by atoms with Gasteiger partial charge in [0, 0.05) is 44.7 Å². The molecule has 1 saturated carbocycles.